The van der Waals surface area contributed by atoms with Gasteiger partial charge in [-0.15, -0.1) is 0 Å². The fourth-order valence-corrected chi connectivity index (χ4v) is 4.05. The van der Waals surface area contributed by atoms with Crippen LogP contribution >= 0.6 is 23.8 Å². The SMILES string of the molecule is O=C(Nc1cccc(Cl)c1)c1cccc(NC(=S)NC(=O)C(c2ccccc2)c2ccccc2)c1. The Balaban J connectivity index is 1.45. The summed E-state index contributed by atoms with van der Waals surface area (Å²) in [4.78, 5) is 25.9. The molecule has 5 nitrogen and oxygen atoms in total. The summed E-state index contributed by atoms with van der Waals surface area (Å²) in [6.07, 6.45) is 0. The van der Waals surface area contributed by atoms with E-state index in [1.54, 1.807) is 48.5 Å². The Morgan fingerprint density at radius 2 is 1.26 bits per heavy atom. The van der Waals surface area contributed by atoms with Crippen molar-refractivity contribution >= 4 is 52.1 Å². The zero-order valence-corrected chi connectivity index (χ0v) is 20.1. The van der Waals surface area contributed by atoms with Crippen molar-refractivity contribution < 1.29 is 9.59 Å². The van der Waals surface area contributed by atoms with Gasteiger partial charge in [-0.25, -0.2) is 0 Å². The zero-order valence-electron chi connectivity index (χ0n) is 18.6. The average molecular weight is 500 g/mol. The van der Waals surface area contributed by atoms with Crippen LogP contribution in [0.5, 0.6) is 0 Å². The van der Waals surface area contributed by atoms with Crippen molar-refractivity contribution in [2.45, 2.75) is 5.92 Å². The molecule has 4 aromatic carbocycles. The van der Waals surface area contributed by atoms with Crippen LogP contribution in [0.1, 0.15) is 27.4 Å². The van der Waals surface area contributed by atoms with Gasteiger partial charge in [-0.05, 0) is 59.7 Å². The smallest absolute Gasteiger partial charge is 0.255 e. The molecule has 0 aliphatic heterocycles. The molecule has 0 saturated carbocycles. The maximum absolute atomic E-state index is 13.2. The van der Waals surface area contributed by atoms with Crippen LogP contribution in [0.4, 0.5) is 11.4 Å². The highest BCUT2D eigenvalue weighted by Gasteiger charge is 2.23. The number of carbonyl (C=O) groups excluding carboxylic acids is 2. The third-order valence-corrected chi connectivity index (χ3v) is 5.67. The van der Waals surface area contributed by atoms with Gasteiger partial charge in [-0.1, -0.05) is 84.4 Å². The maximum atomic E-state index is 13.2. The molecule has 4 rings (SSSR count). The molecule has 0 aromatic heterocycles. The minimum absolute atomic E-state index is 0.138. The summed E-state index contributed by atoms with van der Waals surface area (Å²) in [7, 11) is 0. The molecule has 35 heavy (non-hydrogen) atoms. The van der Waals surface area contributed by atoms with Crippen LogP contribution in [-0.4, -0.2) is 16.9 Å². The van der Waals surface area contributed by atoms with Crippen LogP contribution in [-0.2, 0) is 4.79 Å². The van der Waals surface area contributed by atoms with Gasteiger partial charge in [0, 0.05) is 22.0 Å². The number of hydrogen-bond donors (Lipinski definition) is 3. The van der Waals surface area contributed by atoms with E-state index in [2.05, 4.69) is 16.0 Å². The largest absolute Gasteiger partial charge is 0.332 e. The van der Waals surface area contributed by atoms with E-state index in [0.717, 1.165) is 11.1 Å². The molecule has 0 radical (unpaired) electrons. The predicted molar refractivity (Wildman–Crippen MR) is 145 cm³/mol. The van der Waals surface area contributed by atoms with Crippen molar-refractivity contribution in [2.75, 3.05) is 10.6 Å². The second kappa shape index (κ2) is 11.4. The number of carbonyl (C=O) groups is 2. The van der Waals surface area contributed by atoms with Crippen LogP contribution < -0.4 is 16.0 Å². The summed E-state index contributed by atoms with van der Waals surface area (Å²) in [5.74, 6) is -1.07. The predicted octanol–water partition coefficient (Wildman–Crippen LogP) is 6.24. The molecule has 0 atom stereocenters. The first kappa shape index (κ1) is 24.1. The van der Waals surface area contributed by atoms with E-state index in [-0.39, 0.29) is 16.9 Å². The fraction of sp³-hybridized carbons (Fsp3) is 0.0357. The molecule has 4 aromatic rings. The second-order valence-corrected chi connectivity index (χ2v) is 8.59. The van der Waals surface area contributed by atoms with Crippen molar-refractivity contribution in [3.05, 3.63) is 131 Å². The Kier molecular flexibility index (Phi) is 7.88. The van der Waals surface area contributed by atoms with Gasteiger partial charge in [-0.2, -0.15) is 0 Å². The van der Waals surface area contributed by atoms with Gasteiger partial charge < -0.3 is 16.0 Å². The number of hydrogen-bond acceptors (Lipinski definition) is 3. The molecule has 0 spiro atoms. The first-order valence-electron chi connectivity index (χ1n) is 10.9. The third-order valence-electron chi connectivity index (χ3n) is 5.23. The number of halogens is 1. The van der Waals surface area contributed by atoms with Crippen LogP contribution in [0.3, 0.4) is 0 Å². The second-order valence-electron chi connectivity index (χ2n) is 7.74. The maximum Gasteiger partial charge on any atom is 0.255 e. The summed E-state index contributed by atoms with van der Waals surface area (Å²) in [6, 6.07) is 32.8. The minimum atomic E-state index is -0.521. The topological polar surface area (TPSA) is 70.2 Å². The molecular formula is C28H22ClN3O2S. The minimum Gasteiger partial charge on any atom is -0.332 e. The lowest BCUT2D eigenvalue weighted by atomic mass is 9.90. The molecule has 0 saturated heterocycles. The lowest BCUT2D eigenvalue weighted by Crippen LogP contribution is -2.37. The number of anilines is 2. The molecule has 0 aliphatic rings. The average Bonchev–Trinajstić information content (AvgIpc) is 2.85. The Morgan fingerprint density at radius 3 is 1.86 bits per heavy atom. The van der Waals surface area contributed by atoms with Crippen molar-refractivity contribution in [3.8, 4) is 0 Å². The molecule has 3 N–H and O–H groups in total. The van der Waals surface area contributed by atoms with E-state index in [9.17, 15) is 9.59 Å². The van der Waals surface area contributed by atoms with E-state index in [4.69, 9.17) is 23.8 Å². The highest BCUT2D eigenvalue weighted by molar-refractivity contribution is 7.80. The van der Waals surface area contributed by atoms with Crippen molar-refractivity contribution in [1.29, 1.82) is 0 Å². The first-order valence-corrected chi connectivity index (χ1v) is 11.7. The summed E-state index contributed by atoms with van der Waals surface area (Å²) in [5, 5.41) is 9.26. The van der Waals surface area contributed by atoms with Gasteiger partial charge in [0.05, 0.1) is 5.92 Å². The number of nitrogens with one attached hydrogen (secondary N) is 3. The molecule has 174 valence electrons. The van der Waals surface area contributed by atoms with Crippen molar-refractivity contribution in [1.82, 2.24) is 5.32 Å². The zero-order chi connectivity index (χ0) is 24.6. The lowest BCUT2D eigenvalue weighted by molar-refractivity contribution is -0.120. The normalized spacial score (nSPS) is 10.5. The van der Waals surface area contributed by atoms with Crippen LogP contribution in [0.15, 0.2) is 109 Å². The molecule has 0 aliphatic carbocycles. The van der Waals surface area contributed by atoms with E-state index in [0.29, 0.717) is 22.0 Å². The molecule has 0 bridgehead atoms. The standard InChI is InChI=1S/C28H22ClN3O2S/c29-22-14-8-16-24(18-22)30-26(33)21-13-7-15-23(17-21)31-28(35)32-27(34)25(19-9-3-1-4-10-19)20-11-5-2-6-12-20/h1-18,25H,(H,30,33)(H2,31,32,34,35). The molecule has 0 heterocycles. The van der Waals surface area contributed by atoms with Gasteiger partial charge in [0.25, 0.3) is 5.91 Å². The summed E-state index contributed by atoms with van der Waals surface area (Å²) >= 11 is 11.4. The third kappa shape index (κ3) is 6.53. The van der Waals surface area contributed by atoms with E-state index < -0.39 is 5.92 Å². The van der Waals surface area contributed by atoms with E-state index in [1.807, 2.05) is 60.7 Å². The molecule has 7 heteroatoms. The molecule has 0 fully saturated rings. The monoisotopic (exact) mass is 499 g/mol. The molecule has 2 amide bonds. The first-order chi connectivity index (χ1) is 17.0. The lowest BCUT2D eigenvalue weighted by Gasteiger charge is -2.19. The molecule has 0 unspecified atom stereocenters. The van der Waals surface area contributed by atoms with Gasteiger partial charge in [0.1, 0.15) is 0 Å². The van der Waals surface area contributed by atoms with Crippen molar-refractivity contribution in [3.63, 3.8) is 0 Å². The van der Waals surface area contributed by atoms with Gasteiger partial charge in [0.15, 0.2) is 5.11 Å². The Labute approximate surface area is 214 Å². The number of thiocarbonyl (C=S) groups is 1. The number of rotatable bonds is 6. The Morgan fingerprint density at radius 1 is 0.686 bits per heavy atom. The Bertz CT molecular complexity index is 1310. The quantitative estimate of drug-likeness (QED) is 0.275. The summed E-state index contributed by atoms with van der Waals surface area (Å²) in [6.45, 7) is 0. The van der Waals surface area contributed by atoms with Crippen LogP contribution in [0.25, 0.3) is 0 Å². The van der Waals surface area contributed by atoms with Crippen LogP contribution in [0, 0.1) is 0 Å². The summed E-state index contributed by atoms with van der Waals surface area (Å²) < 4.78 is 0. The summed E-state index contributed by atoms with van der Waals surface area (Å²) in [5.41, 5.74) is 3.31. The highest BCUT2D eigenvalue weighted by Crippen LogP contribution is 2.25. The van der Waals surface area contributed by atoms with Gasteiger partial charge >= 0.3 is 0 Å². The number of amides is 2. The van der Waals surface area contributed by atoms with Gasteiger partial charge in [-0.3, -0.25) is 9.59 Å². The van der Waals surface area contributed by atoms with Crippen LogP contribution in [0.2, 0.25) is 5.02 Å². The fourth-order valence-electron chi connectivity index (χ4n) is 3.64. The van der Waals surface area contributed by atoms with E-state index >= 15 is 0 Å². The van der Waals surface area contributed by atoms with E-state index in [1.165, 1.54) is 0 Å². The Hall–Kier alpha value is -4.00. The van der Waals surface area contributed by atoms with Gasteiger partial charge in [0.2, 0.25) is 5.91 Å². The highest BCUT2D eigenvalue weighted by atomic mass is 35.5. The number of benzene rings is 4. The van der Waals surface area contributed by atoms with Crippen molar-refractivity contribution in [2.24, 2.45) is 0 Å². The molecular weight excluding hydrogens is 478 g/mol.